The molecule has 1 nitrogen and oxygen atoms in total. The molecule has 1 aromatic carbocycles. The molecule has 14 heavy (non-hydrogen) atoms. The van der Waals surface area contributed by atoms with Gasteiger partial charge in [0.25, 0.3) is 0 Å². The van der Waals surface area contributed by atoms with Crippen LogP contribution in [0.2, 0.25) is 10.0 Å². The summed E-state index contributed by atoms with van der Waals surface area (Å²) in [6, 6.07) is 3.53. The predicted molar refractivity (Wildman–Crippen MR) is 61.8 cm³/mol. The highest BCUT2D eigenvalue weighted by atomic mass is 79.9. The van der Waals surface area contributed by atoms with Crippen molar-refractivity contribution in [2.45, 2.75) is 18.9 Å². The van der Waals surface area contributed by atoms with Gasteiger partial charge in [-0.25, -0.2) is 0 Å². The zero-order valence-electron chi connectivity index (χ0n) is 7.30. The van der Waals surface area contributed by atoms with Crippen LogP contribution in [0.25, 0.3) is 0 Å². The Kier molecular flexibility index (Phi) is 3.08. The normalized spacial score (nSPS) is 18.3. The Labute approximate surface area is 101 Å². The molecule has 1 saturated carbocycles. The zero-order chi connectivity index (χ0) is 10.3. The van der Waals surface area contributed by atoms with Gasteiger partial charge in [-0.2, -0.15) is 0 Å². The molecule has 1 fully saturated rings. The monoisotopic (exact) mass is 294 g/mol. The highest BCUT2D eigenvalue weighted by Gasteiger charge is 2.33. The Morgan fingerprint density at radius 2 is 2.00 bits per heavy atom. The fraction of sp³-hybridized carbons (Fsp3) is 0.400. The van der Waals surface area contributed by atoms with Crippen molar-refractivity contribution in [3.8, 4) is 0 Å². The summed E-state index contributed by atoms with van der Waals surface area (Å²) in [4.78, 5) is 0. The maximum atomic E-state index is 9.96. The van der Waals surface area contributed by atoms with Crippen molar-refractivity contribution in [3.63, 3.8) is 0 Å². The van der Waals surface area contributed by atoms with Crippen molar-refractivity contribution >= 4 is 39.1 Å². The van der Waals surface area contributed by atoms with Gasteiger partial charge in [-0.1, -0.05) is 23.2 Å². The minimum absolute atomic E-state index is 0.333. The molecule has 0 amide bonds. The molecule has 1 aliphatic carbocycles. The quantitative estimate of drug-likeness (QED) is 0.811. The molecular formula is C10H9BrCl2O. The second-order valence-corrected chi connectivity index (χ2v) is 5.18. The van der Waals surface area contributed by atoms with Crippen molar-refractivity contribution in [1.82, 2.24) is 0 Å². The van der Waals surface area contributed by atoms with E-state index in [-0.39, 0.29) is 0 Å². The Bertz CT molecular complexity index is 363. The number of aliphatic hydroxyl groups is 1. The van der Waals surface area contributed by atoms with Crippen molar-refractivity contribution < 1.29 is 5.11 Å². The van der Waals surface area contributed by atoms with Gasteiger partial charge in [0.2, 0.25) is 0 Å². The minimum Gasteiger partial charge on any atom is -0.388 e. The van der Waals surface area contributed by atoms with Crippen molar-refractivity contribution in [2.75, 3.05) is 0 Å². The third-order valence-electron chi connectivity index (χ3n) is 2.44. The largest absolute Gasteiger partial charge is 0.388 e. The van der Waals surface area contributed by atoms with E-state index in [1.165, 1.54) is 0 Å². The number of benzene rings is 1. The Morgan fingerprint density at radius 1 is 1.36 bits per heavy atom. The molecular weight excluding hydrogens is 287 g/mol. The van der Waals surface area contributed by atoms with Crippen molar-refractivity contribution in [3.05, 3.63) is 32.2 Å². The van der Waals surface area contributed by atoms with Gasteiger partial charge in [0, 0.05) is 15.1 Å². The molecule has 0 heterocycles. The van der Waals surface area contributed by atoms with Crippen LogP contribution in [0.3, 0.4) is 0 Å². The number of aliphatic hydroxyl groups excluding tert-OH is 1. The van der Waals surface area contributed by atoms with E-state index in [9.17, 15) is 5.11 Å². The van der Waals surface area contributed by atoms with E-state index in [0.717, 1.165) is 17.3 Å². The van der Waals surface area contributed by atoms with E-state index < -0.39 is 6.10 Å². The lowest BCUT2D eigenvalue weighted by atomic mass is 10.1. The average molecular weight is 296 g/mol. The number of halogens is 3. The second-order valence-electron chi connectivity index (χ2n) is 3.54. The first-order chi connectivity index (χ1) is 6.61. The fourth-order valence-electron chi connectivity index (χ4n) is 1.46. The van der Waals surface area contributed by atoms with Gasteiger partial charge in [0.1, 0.15) is 0 Å². The molecule has 1 N–H and O–H groups in total. The van der Waals surface area contributed by atoms with Crippen molar-refractivity contribution in [1.29, 1.82) is 0 Å². The van der Waals surface area contributed by atoms with Crippen molar-refractivity contribution in [2.24, 2.45) is 5.92 Å². The summed E-state index contributed by atoms with van der Waals surface area (Å²) in [5.41, 5.74) is 0.658. The van der Waals surface area contributed by atoms with E-state index >= 15 is 0 Å². The number of hydrogen-bond acceptors (Lipinski definition) is 1. The Balaban J connectivity index is 2.43. The molecule has 0 saturated heterocycles. The molecule has 0 radical (unpaired) electrons. The lowest BCUT2D eigenvalue weighted by Gasteiger charge is -2.14. The zero-order valence-corrected chi connectivity index (χ0v) is 10.4. The summed E-state index contributed by atoms with van der Waals surface area (Å²) in [6.45, 7) is 0. The third-order valence-corrected chi connectivity index (χ3v) is 4.07. The van der Waals surface area contributed by atoms with Gasteiger partial charge in [-0.15, -0.1) is 0 Å². The fourth-order valence-corrected chi connectivity index (χ4v) is 2.40. The van der Waals surface area contributed by atoms with Crippen LogP contribution < -0.4 is 0 Å². The molecule has 1 atom stereocenters. The van der Waals surface area contributed by atoms with Gasteiger partial charge < -0.3 is 5.11 Å². The van der Waals surface area contributed by atoms with Crippen LogP contribution in [-0.4, -0.2) is 5.11 Å². The van der Waals surface area contributed by atoms with Gasteiger partial charge in [-0.05, 0) is 46.8 Å². The molecule has 4 heteroatoms. The lowest BCUT2D eigenvalue weighted by molar-refractivity contribution is 0.154. The summed E-state index contributed by atoms with van der Waals surface area (Å²) in [5, 5.41) is 11.0. The molecule has 1 aliphatic rings. The highest BCUT2D eigenvalue weighted by molar-refractivity contribution is 9.10. The van der Waals surface area contributed by atoms with Gasteiger partial charge in [-0.3, -0.25) is 0 Å². The highest BCUT2D eigenvalue weighted by Crippen LogP contribution is 2.46. The van der Waals surface area contributed by atoms with E-state index in [0.29, 0.717) is 21.5 Å². The van der Waals surface area contributed by atoms with E-state index in [2.05, 4.69) is 15.9 Å². The minimum atomic E-state index is -0.521. The summed E-state index contributed by atoms with van der Waals surface area (Å²) >= 11 is 15.4. The molecule has 0 aliphatic heterocycles. The van der Waals surface area contributed by atoms with Gasteiger partial charge in [0.05, 0.1) is 11.1 Å². The molecule has 1 unspecified atom stereocenters. The van der Waals surface area contributed by atoms with Crippen LogP contribution in [0, 0.1) is 5.92 Å². The third kappa shape index (κ3) is 1.94. The Morgan fingerprint density at radius 3 is 2.57 bits per heavy atom. The van der Waals surface area contributed by atoms with E-state index in [1.54, 1.807) is 12.1 Å². The van der Waals surface area contributed by atoms with Crippen LogP contribution in [0.15, 0.2) is 16.6 Å². The van der Waals surface area contributed by atoms with Crippen LogP contribution in [0.4, 0.5) is 0 Å². The lowest BCUT2D eigenvalue weighted by Crippen LogP contribution is -2.01. The van der Waals surface area contributed by atoms with E-state index in [4.69, 9.17) is 23.2 Å². The van der Waals surface area contributed by atoms with Crippen LogP contribution >= 0.6 is 39.1 Å². The molecule has 2 rings (SSSR count). The smallest absolute Gasteiger partial charge is 0.0847 e. The molecule has 0 bridgehead atoms. The van der Waals surface area contributed by atoms with Gasteiger partial charge in [0.15, 0.2) is 0 Å². The maximum Gasteiger partial charge on any atom is 0.0847 e. The van der Waals surface area contributed by atoms with Crippen LogP contribution in [0.1, 0.15) is 24.5 Å². The summed E-state index contributed by atoms with van der Waals surface area (Å²) in [6.07, 6.45) is 1.59. The summed E-state index contributed by atoms with van der Waals surface area (Å²) in [7, 11) is 0. The first-order valence-corrected chi connectivity index (χ1v) is 5.97. The first-order valence-electron chi connectivity index (χ1n) is 4.42. The Hall–Kier alpha value is 0.240. The van der Waals surface area contributed by atoms with Crippen LogP contribution in [0.5, 0.6) is 0 Å². The number of rotatable bonds is 2. The molecule has 0 spiro atoms. The van der Waals surface area contributed by atoms with E-state index in [1.807, 2.05) is 0 Å². The second kappa shape index (κ2) is 4.01. The first kappa shape index (κ1) is 10.7. The topological polar surface area (TPSA) is 20.2 Å². The molecule has 0 aromatic heterocycles. The molecule has 76 valence electrons. The summed E-state index contributed by atoms with van der Waals surface area (Å²) in [5.74, 6) is 0.333. The number of hydrogen-bond donors (Lipinski definition) is 1. The standard InChI is InChI=1S/C10H9BrCl2O/c11-6-3-4-7(12)8(9(6)13)10(14)5-1-2-5/h3-5,10,14H,1-2H2. The van der Waals surface area contributed by atoms with Gasteiger partial charge >= 0.3 is 0 Å². The maximum absolute atomic E-state index is 9.96. The predicted octanol–water partition coefficient (Wildman–Crippen LogP) is 4.20. The summed E-state index contributed by atoms with van der Waals surface area (Å²) < 4.78 is 0.776. The van der Waals surface area contributed by atoms with Crippen LogP contribution in [-0.2, 0) is 0 Å². The SMILES string of the molecule is OC(c1c(Cl)ccc(Br)c1Cl)C1CC1. The molecule has 1 aromatic rings. The average Bonchev–Trinajstić information content (AvgIpc) is 2.95.